The highest BCUT2D eigenvalue weighted by atomic mass is 19.4. The first-order valence-corrected chi connectivity index (χ1v) is 9.88. The Balaban J connectivity index is 2.17. The van der Waals surface area contributed by atoms with Gasteiger partial charge >= 0.3 is 11.9 Å². The third-order valence-electron chi connectivity index (χ3n) is 4.86. The van der Waals surface area contributed by atoms with Gasteiger partial charge in [0.15, 0.2) is 0 Å². The van der Waals surface area contributed by atoms with Gasteiger partial charge in [-0.25, -0.2) is 4.79 Å². The van der Waals surface area contributed by atoms with Crippen molar-refractivity contribution in [2.75, 3.05) is 0 Å². The molecule has 2 aromatic carbocycles. The maximum atomic E-state index is 13.1. The van der Waals surface area contributed by atoms with E-state index in [4.69, 9.17) is 0 Å². The van der Waals surface area contributed by atoms with Crippen molar-refractivity contribution in [1.82, 2.24) is 19.7 Å². The fraction of sp³-hybridized carbons (Fsp3) is 0.273. The Labute approximate surface area is 181 Å². The summed E-state index contributed by atoms with van der Waals surface area (Å²) in [6.07, 6.45) is -3.98. The molecule has 1 heterocycles. The molecule has 0 fully saturated rings. The second-order valence-electron chi connectivity index (χ2n) is 7.25. The molecule has 1 aromatic heterocycles. The summed E-state index contributed by atoms with van der Waals surface area (Å²) in [5.41, 5.74) is -2.92. The van der Waals surface area contributed by atoms with Crippen molar-refractivity contribution in [3.63, 3.8) is 0 Å². The number of alkyl halides is 3. The smallest absolute Gasteiger partial charge is 0.348 e. The number of carbonyl (C=O) groups is 1. The maximum Gasteiger partial charge on any atom is 0.416 e. The zero-order chi connectivity index (χ0) is 23.5. The third-order valence-corrected chi connectivity index (χ3v) is 4.86. The zero-order valence-electron chi connectivity index (χ0n) is 17.4. The number of para-hydroxylation sites is 1. The Bertz CT molecular complexity index is 1230. The average Bonchev–Trinajstić information content (AvgIpc) is 2.76. The molecule has 7 nitrogen and oxygen atoms in total. The molecule has 1 amide bonds. The highest BCUT2D eigenvalue weighted by molar-refractivity contribution is 5.91. The number of benzene rings is 2. The first kappa shape index (κ1) is 23.0. The van der Waals surface area contributed by atoms with Crippen molar-refractivity contribution >= 4 is 5.91 Å². The monoisotopic (exact) mass is 446 g/mol. The van der Waals surface area contributed by atoms with Gasteiger partial charge in [0.2, 0.25) is 5.69 Å². The first-order chi connectivity index (χ1) is 15.1. The fourth-order valence-corrected chi connectivity index (χ4v) is 2.96. The van der Waals surface area contributed by atoms with Crippen molar-refractivity contribution in [2.45, 2.75) is 39.0 Å². The largest absolute Gasteiger partial charge is 0.416 e. The van der Waals surface area contributed by atoms with E-state index in [0.29, 0.717) is 16.7 Å². The summed E-state index contributed by atoms with van der Waals surface area (Å²) in [7, 11) is 0. The maximum absolute atomic E-state index is 13.1. The van der Waals surface area contributed by atoms with Crippen molar-refractivity contribution in [3.05, 3.63) is 92.3 Å². The number of rotatable bonds is 6. The molecule has 0 saturated heterocycles. The molecule has 3 aromatic rings. The van der Waals surface area contributed by atoms with Crippen LogP contribution in [0.5, 0.6) is 0 Å². The Kier molecular flexibility index (Phi) is 6.61. The lowest BCUT2D eigenvalue weighted by Crippen LogP contribution is -2.47. The van der Waals surface area contributed by atoms with Crippen LogP contribution in [-0.4, -0.2) is 26.3 Å². The molecule has 0 spiro atoms. The lowest BCUT2D eigenvalue weighted by Gasteiger charge is -2.15. The predicted octanol–water partition coefficient (Wildman–Crippen LogP) is 2.99. The molecule has 0 bridgehead atoms. The summed E-state index contributed by atoms with van der Waals surface area (Å²) in [4.78, 5) is 38.7. The minimum absolute atomic E-state index is 0.0816. The second kappa shape index (κ2) is 9.21. The quantitative estimate of drug-likeness (QED) is 0.631. The molecule has 0 aliphatic heterocycles. The Morgan fingerprint density at radius 3 is 2.41 bits per heavy atom. The van der Waals surface area contributed by atoms with E-state index in [0.717, 1.165) is 16.8 Å². The third kappa shape index (κ3) is 4.96. The number of halogens is 3. The van der Waals surface area contributed by atoms with Gasteiger partial charge in [-0.1, -0.05) is 37.3 Å². The van der Waals surface area contributed by atoms with Crippen LogP contribution in [-0.2, 0) is 12.7 Å². The van der Waals surface area contributed by atoms with Gasteiger partial charge in [-0.15, -0.1) is 0 Å². The van der Waals surface area contributed by atoms with Crippen molar-refractivity contribution in [1.29, 1.82) is 0 Å². The molecule has 32 heavy (non-hydrogen) atoms. The summed E-state index contributed by atoms with van der Waals surface area (Å²) in [5, 5.41) is 6.59. The summed E-state index contributed by atoms with van der Waals surface area (Å²) in [5.74, 6) is -0.771. The Hall–Kier alpha value is -3.69. The molecule has 3 rings (SSSR count). The van der Waals surface area contributed by atoms with Crippen molar-refractivity contribution in [2.24, 2.45) is 0 Å². The van der Waals surface area contributed by atoms with Crippen LogP contribution in [0.4, 0.5) is 13.2 Å². The van der Waals surface area contributed by atoms with Gasteiger partial charge < -0.3 is 5.32 Å². The number of nitrogens with one attached hydrogen (secondary N) is 1. The normalized spacial score (nSPS) is 12.4. The lowest BCUT2D eigenvalue weighted by molar-refractivity contribution is -0.137. The van der Waals surface area contributed by atoms with Gasteiger partial charge in [-0.2, -0.15) is 23.0 Å². The van der Waals surface area contributed by atoms with Crippen LogP contribution in [0.25, 0.3) is 5.69 Å². The second-order valence-corrected chi connectivity index (χ2v) is 7.25. The van der Waals surface area contributed by atoms with Gasteiger partial charge in [0.25, 0.3) is 11.5 Å². The Morgan fingerprint density at radius 1 is 1.09 bits per heavy atom. The number of hydrogen-bond acceptors (Lipinski definition) is 4. The van der Waals surface area contributed by atoms with E-state index >= 15 is 0 Å². The van der Waals surface area contributed by atoms with Crippen molar-refractivity contribution < 1.29 is 18.0 Å². The van der Waals surface area contributed by atoms with E-state index in [9.17, 15) is 27.6 Å². The Morgan fingerprint density at radius 2 is 1.78 bits per heavy atom. The van der Waals surface area contributed by atoms with E-state index in [1.165, 1.54) is 12.1 Å². The number of aromatic nitrogens is 3. The standard InChI is InChI=1S/C22H21F3N4O3/c1-3-14(2)26-19(30)18-20(31)28(13-15-8-7-9-16(12-15)22(23,24)25)21(32)29(27-18)17-10-5-4-6-11-17/h4-12,14H,3,13H2,1-2H3,(H,26,30)/t14-/m1/s1. The minimum Gasteiger partial charge on any atom is -0.348 e. The number of carbonyl (C=O) groups excluding carboxylic acids is 1. The lowest BCUT2D eigenvalue weighted by atomic mass is 10.1. The molecule has 0 unspecified atom stereocenters. The molecule has 0 aliphatic rings. The molecular weight excluding hydrogens is 425 g/mol. The minimum atomic E-state index is -4.58. The molecule has 1 atom stereocenters. The van der Waals surface area contributed by atoms with E-state index in [1.54, 1.807) is 37.3 Å². The van der Waals surface area contributed by atoms with Crippen LogP contribution < -0.4 is 16.6 Å². The predicted molar refractivity (Wildman–Crippen MR) is 112 cm³/mol. The number of nitrogens with zero attached hydrogens (tertiary/aromatic N) is 3. The van der Waals surface area contributed by atoms with Crippen LogP contribution in [0.3, 0.4) is 0 Å². The highest BCUT2D eigenvalue weighted by Crippen LogP contribution is 2.29. The first-order valence-electron chi connectivity index (χ1n) is 9.88. The van der Waals surface area contributed by atoms with Gasteiger partial charge in [-0.3, -0.25) is 14.2 Å². The van der Waals surface area contributed by atoms with E-state index in [2.05, 4.69) is 10.4 Å². The fourth-order valence-electron chi connectivity index (χ4n) is 2.96. The van der Waals surface area contributed by atoms with Gasteiger partial charge in [0.05, 0.1) is 17.8 Å². The molecule has 0 saturated carbocycles. The molecule has 1 N–H and O–H groups in total. The van der Waals surface area contributed by atoms with E-state index in [-0.39, 0.29) is 11.6 Å². The van der Waals surface area contributed by atoms with Gasteiger partial charge in [0, 0.05) is 6.04 Å². The van der Waals surface area contributed by atoms with E-state index in [1.807, 2.05) is 6.92 Å². The van der Waals surface area contributed by atoms with Crippen LogP contribution in [0.2, 0.25) is 0 Å². The van der Waals surface area contributed by atoms with E-state index < -0.39 is 41.1 Å². The summed E-state index contributed by atoms with van der Waals surface area (Å²) < 4.78 is 40.8. The molecule has 0 radical (unpaired) electrons. The zero-order valence-corrected chi connectivity index (χ0v) is 17.4. The van der Waals surface area contributed by atoms with Crippen LogP contribution in [0, 0.1) is 0 Å². The summed E-state index contributed by atoms with van der Waals surface area (Å²) in [6.45, 7) is 3.13. The molecule has 0 aliphatic carbocycles. The average molecular weight is 446 g/mol. The molecule has 10 heteroatoms. The SMILES string of the molecule is CC[C@@H](C)NC(=O)c1nn(-c2ccccc2)c(=O)n(Cc2cccc(C(F)(F)F)c2)c1=O. The topological polar surface area (TPSA) is 86.0 Å². The summed E-state index contributed by atoms with van der Waals surface area (Å²) >= 11 is 0. The van der Waals surface area contributed by atoms with Crippen LogP contribution in [0.1, 0.15) is 41.9 Å². The number of amides is 1. The van der Waals surface area contributed by atoms with Gasteiger partial charge in [-0.05, 0) is 43.2 Å². The number of hydrogen-bond donors (Lipinski definition) is 1. The van der Waals surface area contributed by atoms with Crippen LogP contribution in [0.15, 0.2) is 64.2 Å². The molecular formula is C22H21F3N4O3. The van der Waals surface area contributed by atoms with Crippen molar-refractivity contribution in [3.8, 4) is 5.69 Å². The highest BCUT2D eigenvalue weighted by Gasteiger charge is 2.30. The summed E-state index contributed by atoms with van der Waals surface area (Å²) in [6, 6.07) is 12.2. The van der Waals surface area contributed by atoms with Crippen LogP contribution >= 0.6 is 0 Å². The molecule has 168 valence electrons. The van der Waals surface area contributed by atoms with Gasteiger partial charge in [0.1, 0.15) is 0 Å².